The van der Waals surface area contributed by atoms with Gasteiger partial charge in [0.1, 0.15) is 5.82 Å². The van der Waals surface area contributed by atoms with Crippen molar-refractivity contribution in [1.82, 2.24) is 9.21 Å². The van der Waals surface area contributed by atoms with Crippen LogP contribution in [0.2, 0.25) is 0 Å². The summed E-state index contributed by atoms with van der Waals surface area (Å²) in [5.74, 6) is -0.287. The minimum absolute atomic E-state index is 0.0527. The second-order valence-electron chi connectivity index (χ2n) is 7.54. The maximum atomic E-state index is 13.5. The summed E-state index contributed by atoms with van der Waals surface area (Å²) < 4.78 is 46.2. The molecular formula is C20H29FN2O4S. The van der Waals surface area contributed by atoms with Crippen LogP contribution in [0.5, 0.6) is 0 Å². The van der Waals surface area contributed by atoms with Gasteiger partial charge < -0.3 is 9.64 Å². The fourth-order valence-corrected chi connectivity index (χ4v) is 5.69. The number of carbonyl (C=O) groups is 1. The van der Waals surface area contributed by atoms with Gasteiger partial charge in [0, 0.05) is 44.8 Å². The summed E-state index contributed by atoms with van der Waals surface area (Å²) in [6.45, 7) is 5.47. The van der Waals surface area contributed by atoms with Gasteiger partial charge in [-0.3, -0.25) is 4.79 Å². The molecule has 1 aromatic carbocycles. The van der Waals surface area contributed by atoms with E-state index in [1.807, 2.05) is 11.8 Å². The number of hydrogen-bond acceptors (Lipinski definition) is 4. The molecule has 2 aliphatic rings. The van der Waals surface area contributed by atoms with Crippen molar-refractivity contribution in [2.24, 2.45) is 0 Å². The Hall–Kier alpha value is -1.51. The van der Waals surface area contributed by atoms with Crippen molar-refractivity contribution < 1.29 is 22.3 Å². The molecule has 0 atom stereocenters. The Labute approximate surface area is 166 Å². The molecular weight excluding hydrogens is 383 g/mol. The third kappa shape index (κ3) is 4.39. The van der Waals surface area contributed by atoms with Gasteiger partial charge in [-0.25, -0.2) is 12.8 Å². The zero-order valence-electron chi connectivity index (χ0n) is 16.6. The molecule has 3 rings (SSSR count). The van der Waals surface area contributed by atoms with E-state index >= 15 is 0 Å². The normalized spacial score (nSPS) is 20.2. The summed E-state index contributed by atoms with van der Waals surface area (Å²) in [6.07, 6.45) is 3.34. The number of ether oxygens (including phenoxy) is 1. The summed E-state index contributed by atoms with van der Waals surface area (Å²) in [7, 11) is -3.66. The van der Waals surface area contributed by atoms with Crippen LogP contribution in [0.15, 0.2) is 23.1 Å². The molecule has 156 valence electrons. The Balaban J connectivity index is 1.71. The van der Waals surface area contributed by atoms with Gasteiger partial charge in [-0.05, 0) is 56.4 Å². The molecule has 0 unspecified atom stereocenters. The molecule has 2 heterocycles. The number of sulfonamides is 1. The lowest BCUT2D eigenvalue weighted by Gasteiger charge is -2.43. The first-order chi connectivity index (χ1) is 13.3. The average Bonchev–Trinajstić information content (AvgIpc) is 2.71. The molecule has 0 bridgehead atoms. The van der Waals surface area contributed by atoms with Gasteiger partial charge in [-0.2, -0.15) is 4.31 Å². The Bertz CT molecular complexity index is 800. The fraction of sp³-hybridized carbons (Fsp3) is 0.650. The minimum atomic E-state index is -3.66. The molecule has 28 heavy (non-hydrogen) atoms. The lowest BCUT2D eigenvalue weighted by molar-refractivity contribution is -0.139. The van der Waals surface area contributed by atoms with Crippen molar-refractivity contribution in [2.75, 3.05) is 26.3 Å². The topological polar surface area (TPSA) is 66.9 Å². The maximum Gasteiger partial charge on any atom is 0.243 e. The summed E-state index contributed by atoms with van der Waals surface area (Å²) in [5.41, 5.74) is 0.315. The van der Waals surface area contributed by atoms with Crippen molar-refractivity contribution in [1.29, 1.82) is 0 Å². The molecule has 0 aliphatic carbocycles. The van der Waals surface area contributed by atoms with Crippen LogP contribution in [-0.2, 0) is 19.6 Å². The van der Waals surface area contributed by atoms with Gasteiger partial charge in [0.25, 0.3) is 0 Å². The van der Waals surface area contributed by atoms with Crippen molar-refractivity contribution >= 4 is 15.9 Å². The highest BCUT2D eigenvalue weighted by Gasteiger charge is 2.36. The Morgan fingerprint density at radius 2 is 1.79 bits per heavy atom. The molecule has 0 spiro atoms. The first kappa shape index (κ1) is 21.2. The number of amides is 1. The van der Waals surface area contributed by atoms with E-state index < -0.39 is 15.8 Å². The van der Waals surface area contributed by atoms with E-state index in [0.29, 0.717) is 51.1 Å². The number of halogens is 1. The summed E-state index contributed by atoms with van der Waals surface area (Å²) >= 11 is 0. The number of rotatable bonds is 5. The molecule has 0 N–H and O–H groups in total. The largest absolute Gasteiger partial charge is 0.381 e. The number of hydrogen-bond donors (Lipinski definition) is 0. The van der Waals surface area contributed by atoms with Gasteiger partial charge in [0.05, 0.1) is 4.90 Å². The quantitative estimate of drug-likeness (QED) is 0.746. The molecule has 1 aromatic rings. The van der Waals surface area contributed by atoms with Crippen LogP contribution in [0, 0.1) is 12.7 Å². The van der Waals surface area contributed by atoms with Gasteiger partial charge in [-0.15, -0.1) is 0 Å². The summed E-state index contributed by atoms with van der Waals surface area (Å²) in [4.78, 5) is 14.7. The first-order valence-electron chi connectivity index (χ1n) is 9.99. The van der Waals surface area contributed by atoms with Crippen LogP contribution >= 0.6 is 0 Å². The summed E-state index contributed by atoms with van der Waals surface area (Å²) in [6, 6.07) is 4.12. The van der Waals surface area contributed by atoms with Crippen molar-refractivity contribution in [3.63, 3.8) is 0 Å². The molecule has 0 radical (unpaired) electrons. The Morgan fingerprint density at radius 3 is 2.36 bits per heavy atom. The van der Waals surface area contributed by atoms with Gasteiger partial charge in [-0.1, -0.05) is 6.92 Å². The second-order valence-corrected chi connectivity index (χ2v) is 9.48. The van der Waals surface area contributed by atoms with Crippen molar-refractivity contribution in [3.8, 4) is 0 Å². The standard InChI is InChI=1S/C20H29FN2O4S/c1-3-20(24)23(17-8-12-27-13-9-17)16-6-10-22(11-7-16)28(25,26)18-4-5-19(21)15(2)14-18/h4-5,14,16-17H,3,6-13H2,1-2H3. The minimum Gasteiger partial charge on any atom is -0.381 e. The molecule has 2 aliphatic heterocycles. The average molecular weight is 413 g/mol. The van der Waals surface area contributed by atoms with Crippen LogP contribution < -0.4 is 0 Å². The van der Waals surface area contributed by atoms with E-state index in [9.17, 15) is 17.6 Å². The Morgan fingerprint density at radius 1 is 1.18 bits per heavy atom. The van der Waals surface area contributed by atoms with E-state index in [-0.39, 0.29) is 22.9 Å². The zero-order valence-corrected chi connectivity index (χ0v) is 17.4. The molecule has 8 heteroatoms. The number of benzene rings is 1. The molecule has 0 aromatic heterocycles. The van der Waals surface area contributed by atoms with Crippen molar-refractivity contribution in [2.45, 2.75) is 62.9 Å². The maximum absolute atomic E-state index is 13.5. The molecule has 2 saturated heterocycles. The molecule has 2 fully saturated rings. The first-order valence-corrected chi connectivity index (χ1v) is 11.4. The summed E-state index contributed by atoms with van der Waals surface area (Å²) in [5, 5.41) is 0. The third-order valence-electron chi connectivity index (χ3n) is 5.76. The van der Waals surface area contributed by atoms with Crippen molar-refractivity contribution in [3.05, 3.63) is 29.6 Å². The molecule has 6 nitrogen and oxygen atoms in total. The van der Waals surface area contributed by atoms with Crippen LogP contribution in [0.1, 0.15) is 44.6 Å². The molecule has 0 saturated carbocycles. The number of aryl methyl sites for hydroxylation is 1. The highest BCUT2D eigenvalue weighted by molar-refractivity contribution is 7.89. The van der Waals surface area contributed by atoms with E-state index in [0.717, 1.165) is 12.8 Å². The van der Waals surface area contributed by atoms with E-state index in [4.69, 9.17) is 4.74 Å². The third-order valence-corrected chi connectivity index (χ3v) is 7.65. The number of nitrogens with zero attached hydrogens (tertiary/aromatic N) is 2. The number of piperidine rings is 1. The van der Waals surface area contributed by atoms with Crippen LogP contribution in [0.4, 0.5) is 4.39 Å². The van der Waals surface area contributed by atoms with E-state index in [1.165, 1.54) is 22.5 Å². The fourth-order valence-electron chi connectivity index (χ4n) is 4.14. The van der Waals surface area contributed by atoms with Crippen LogP contribution in [0.25, 0.3) is 0 Å². The predicted octanol–water partition coefficient (Wildman–Crippen LogP) is 2.70. The highest BCUT2D eigenvalue weighted by atomic mass is 32.2. The van der Waals surface area contributed by atoms with Gasteiger partial charge in [0.15, 0.2) is 0 Å². The Kier molecular flexibility index (Phi) is 6.73. The van der Waals surface area contributed by atoms with Gasteiger partial charge in [0.2, 0.25) is 15.9 Å². The second kappa shape index (κ2) is 8.88. The predicted molar refractivity (Wildman–Crippen MR) is 104 cm³/mol. The van der Waals surface area contributed by atoms with E-state index in [1.54, 1.807) is 6.92 Å². The molecule has 1 amide bonds. The van der Waals surface area contributed by atoms with Crippen LogP contribution in [0.3, 0.4) is 0 Å². The lowest BCUT2D eigenvalue weighted by atomic mass is 9.98. The number of carbonyl (C=O) groups excluding carboxylic acids is 1. The smallest absolute Gasteiger partial charge is 0.243 e. The highest BCUT2D eigenvalue weighted by Crippen LogP contribution is 2.28. The zero-order chi connectivity index (χ0) is 20.3. The monoisotopic (exact) mass is 412 g/mol. The SMILES string of the molecule is CCC(=O)N(C1CCOCC1)C1CCN(S(=O)(=O)c2ccc(F)c(C)c2)CC1. The lowest BCUT2D eigenvalue weighted by Crippen LogP contribution is -2.53. The van der Waals surface area contributed by atoms with E-state index in [2.05, 4.69) is 0 Å². The van der Waals surface area contributed by atoms with Gasteiger partial charge >= 0.3 is 0 Å². The van der Waals surface area contributed by atoms with Crippen LogP contribution in [-0.4, -0.2) is 61.9 Å².